The monoisotopic (exact) mass is 307 g/mol. The van der Waals surface area contributed by atoms with Gasteiger partial charge >= 0.3 is 0 Å². The van der Waals surface area contributed by atoms with E-state index >= 15 is 0 Å². The van der Waals surface area contributed by atoms with Crippen LogP contribution < -0.4 is 5.32 Å². The van der Waals surface area contributed by atoms with Crippen molar-refractivity contribution >= 4 is 11.3 Å². The van der Waals surface area contributed by atoms with Crippen LogP contribution in [0.15, 0.2) is 29.9 Å². The van der Waals surface area contributed by atoms with Crippen LogP contribution in [0.1, 0.15) is 23.2 Å². The summed E-state index contributed by atoms with van der Waals surface area (Å²) >= 11 is 1.74. The summed E-state index contributed by atoms with van der Waals surface area (Å²) in [5, 5.41) is 5.72. The van der Waals surface area contributed by atoms with Crippen molar-refractivity contribution in [1.82, 2.24) is 14.9 Å². The van der Waals surface area contributed by atoms with Crippen LogP contribution in [0.25, 0.3) is 0 Å². The highest BCUT2D eigenvalue weighted by Gasteiger charge is 2.36. The second kappa shape index (κ2) is 6.27. The molecule has 2 aromatic rings. The smallest absolute Gasteiger partial charge is 0.131 e. The number of rotatable bonds is 6. The van der Waals surface area contributed by atoms with Crippen LogP contribution in [-0.4, -0.2) is 42.0 Å². The van der Waals surface area contributed by atoms with E-state index in [-0.39, 0.29) is 11.6 Å². The SMILES string of the molecule is COC1(CNC(c2cccs2)c2nccn2C)CCOC1. The number of imidazole rings is 1. The molecule has 21 heavy (non-hydrogen) atoms. The maximum Gasteiger partial charge on any atom is 0.131 e. The first-order valence-electron chi connectivity index (χ1n) is 7.11. The van der Waals surface area contributed by atoms with E-state index in [9.17, 15) is 0 Å². The Morgan fingerprint density at radius 1 is 1.62 bits per heavy atom. The number of nitrogens with zero attached hydrogens (tertiary/aromatic N) is 2. The van der Waals surface area contributed by atoms with Gasteiger partial charge in [-0.2, -0.15) is 0 Å². The number of thiophene rings is 1. The van der Waals surface area contributed by atoms with Crippen molar-refractivity contribution in [2.45, 2.75) is 18.1 Å². The number of aryl methyl sites for hydroxylation is 1. The topological polar surface area (TPSA) is 48.3 Å². The predicted molar refractivity (Wildman–Crippen MR) is 82.5 cm³/mol. The lowest BCUT2D eigenvalue weighted by molar-refractivity contribution is -0.0169. The number of nitrogens with one attached hydrogen (secondary N) is 1. The summed E-state index contributed by atoms with van der Waals surface area (Å²) in [5.41, 5.74) is -0.222. The summed E-state index contributed by atoms with van der Waals surface area (Å²) in [4.78, 5) is 5.76. The lowest BCUT2D eigenvalue weighted by Gasteiger charge is -2.28. The number of hydrogen-bond acceptors (Lipinski definition) is 5. The van der Waals surface area contributed by atoms with E-state index in [0.29, 0.717) is 6.61 Å². The second-order valence-electron chi connectivity index (χ2n) is 5.42. The van der Waals surface area contributed by atoms with Gasteiger partial charge < -0.3 is 19.4 Å². The van der Waals surface area contributed by atoms with Gasteiger partial charge in [0.2, 0.25) is 0 Å². The van der Waals surface area contributed by atoms with Crippen molar-refractivity contribution in [1.29, 1.82) is 0 Å². The number of aromatic nitrogens is 2. The van der Waals surface area contributed by atoms with Gasteiger partial charge in [-0.1, -0.05) is 6.07 Å². The first-order chi connectivity index (χ1) is 10.2. The summed E-state index contributed by atoms with van der Waals surface area (Å²) in [5.74, 6) is 1.02. The molecule has 5 nitrogen and oxygen atoms in total. The van der Waals surface area contributed by atoms with Gasteiger partial charge in [0, 0.05) is 51.0 Å². The molecule has 3 rings (SSSR count). The van der Waals surface area contributed by atoms with Gasteiger partial charge in [-0.15, -0.1) is 11.3 Å². The second-order valence-corrected chi connectivity index (χ2v) is 6.39. The van der Waals surface area contributed by atoms with Crippen LogP contribution in [0.2, 0.25) is 0 Å². The van der Waals surface area contributed by atoms with E-state index in [2.05, 4.69) is 32.4 Å². The van der Waals surface area contributed by atoms with Crippen LogP contribution in [0, 0.1) is 0 Å². The predicted octanol–water partition coefficient (Wildman–Crippen LogP) is 1.97. The molecule has 0 saturated carbocycles. The molecule has 1 aliphatic rings. The number of methoxy groups -OCH3 is 1. The zero-order valence-corrected chi connectivity index (χ0v) is 13.2. The molecule has 1 aliphatic heterocycles. The Labute approximate surface area is 128 Å². The average Bonchev–Trinajstić information content (AvgIpc) is 3.22. The lowest BCUT2D eigenvalue weighted by atomic mass is 10.0. The van der Waals surface area contributed by atoms with E-state index in [1.807, 2.05) is 19.4 Å². The van der Waals surface area contributed by atoms with Crippen molar-refractivity contribution in [3.63, 3.8) is 0 Å². The van der Waals surface area contributed by atoms with E-state index in [4.69, 9.17) is 9.47 Å². The van der Waals surface area contributed by atoms with Crippen molar-refractivity contribution in [3.05, 3.63) is 40.6 Å². The van der Waals surface area contributed by atoms with Crippen LogP contribution >= 0.6 is 11.3 Å². The van der Waals surface area contributed by atoms with Gasteiger partial charge in [-0.25, -0.2) is 4.98 Å². The quantitative estimate of drug-likeness (QED) is 0.886. The number of ether oxygens (including phenoxy) is 2. The summed E-state index contributed by atoms with van der Waals surface area (Å²) in [6.45, 7) is 2.16. The molecule has 0 aliphatic carbocycles. The van der Waals surface area contributed by atoms with Gasteiger partial charge in [0.25, 0.3) is 0 Å². The molecular weight excluding hydrogens is 286 g/mol. The van der Waals surface area contributed by atoms with Gasteiger partial charge in [-0.3, -0.25) is 0 Å². The van der Waals surface area contributed by atoms with Crippen molar-refractivity contribution < 1.29 is 9.47 Å². The first-order valence-corrected chi connectivity index (χ1v) is 7.99. The Kier molecular flexibility index (Phi) is 4.40. The minimum Gasteiger partial charge on any atom is -0.378 e. The molecule has 2 aromatic heterocycles. The third kappa shape index (κ3) is 3.03. The molecule has 1 N–H and O–H groups in total. The molecule has 2 atom stereocenters. The molecule has 2 unspecified atom stereocenters. The van der Waals surface area contributed by atoms with Crippen molar-refractivity contribution in [3.8, 4) is 0 Å². The minimum atomic E-state index is -0.222. The third-order valence-electron chi connectivity index (χ3n) is 4.07. The Balaban J connectivity index is 1.79. The Morgan fingerprint density at radius 2 is 2.52 bits per heavy atom. The maximum atomic E-state index is 5.70. The molecule has 1 fully saturated rings. The Morgan fingerprint density at radius 3 is 3.10 bits per heavy atom. The summed E-state index contributed by atoms with van der Waals surface area (Å²) in [6, 6.07) is 4.29. The molecule has 0 amide bonds. The molecule has 0 bridgehead atoms. The van der Waals surface area contributed by atoms with Crippen molar-refractivity contribution in [2.24, 2.45) is 7.05 Å². The summed E-state index contributed by atoms with van der Waals surface area (Å²) < 4.78 is 13.3. The molecule has 0 radical (unpaired) electrons. The highest BCUT2D eigenvalue weighted by atomic mass is 32.1. The molecular formula is C15H21N3O2S. The van der Waals surface area contributed by atoms with Crippen LogP contribution in [0.5, 0.6) is 0 Å². The average molecular weight is 307 g/mol. The van der Waals surface area contributed by atoms with Gasteiger partial charge in [-0.05, 0) is 11.4 Å². The van der Waals surface area contributed by atoms with Gasteiger partial charge in [0.05, 0.1) is 6.61 Å². The highest BCUT2D eigenvalue weighted by molar-refractivity contribution is 7.10. The van der Waals surface area contributed by atoms with E-state index in [1.54, 1.807) is 18.4 Å². The highest BCUT2D eigenvalue weighted by Crippen LogP contribution is 2.27. The summed E-state index contributed by atoms with van der Waals surface area (Å²) in [7, 11) is 3.78. The molecule has 0 spiro atoms. The molecule has 3 heterocycles. The zero-order valence-electron chi connectivity index (χ0n) is 12.4. The number of hydrogen-bond donors (Lipinski definition) is 1. The molecule has 6 heteroatoms. The van der Waals surface area contributed by atoms with E-state index in [1.165, 1.54) is 4.88 Å². The zero-order chi connectivity index (χ0) is 14.7. The fourth-order valence-corrected chi connectivity index (χ4v) is 3.48. The van der Waals surface area contributed by atoms with Crippen LogP contribution in [0.3, 0.4) is 0 Å². The van der Waals surface area contributed by atoms with Crippen LogP contribution in [0.4, 0.5) is 0 Å². The summed E-state index contributed by atoms with van der Waals surface area (Å²) in [6.07, 6.45) is 4.74. The van der Waals surface area contributed by atoms with Crippen LogP contribution in [-0.2, 0) is 16.5 Å². The third-order valence-corrected chi connectivity index (χ3v) is 5.01. The van der Waals surface area contributed by atoms with Gasteiger partial charge in [0.15, 0.2) is 0 Å². The molecule has 0 aromatic carbocycles. The largest absolute Gasteiger partial charge is 0.378 e. The first kappa shape index (κ1) is 14.7. The fraction of sp³-hybridized carbons (Fsp3) is 0.533. The van der Waals surface area contributed by atoms with Gasteiger partial charge in [0.1, 0.15) is 17.5 Å². The van der Waals surface area contributed by atoms with Crippen molar-refractivity contribution in [2.75, 3.05) is 26.9 Å². The van der Waals surface area contributed by atoms with E-state index < -0.39 is 0 Å². The lowest BCUT2D eigenvalue weighted by Crippen LogP contribution is -2.44. The Bertz CT molecular complexity index is 561. The standard InChI is InChI=1S/C15H21N3O2S/c1-18-7-6-16-14(18)13(12-4-3-9-21-12)17-10-15(19-2)5-8-20-11-15/h3-4,6-7,9,13,17H,5,8,10-11H2,1-2H3. The maximum absolute atomic E-state index is 5.70. The molecule has 1 saturated heterocycles. The normalized spacial score (nSPS) is 23.5. The Hall–Kier alpha value is -1.21. The fourth-order valence-electron chi connectivity index (χ4n) is 2.68. The molecule has 114 valence electrons. The van der Waals surface area contributed by atoms with E-state index in [0.717, 1.165) is 25.4 Å². The minimum absolute atomic E-state index is 0.0811.